The van der Waals surface area contributed by atoms with Crippen LogP contribution in [0.1, 0.15) is 44.7 Å². The number of carbonyl (C=O) groups excluding carboxylic acids is 1. The number of anilines is 1. The molecule has 2 aromatic heterocycles. The predicted octanol–water partition coefficient (Wildman–Crippen LogP) is 4.56. The quantitative estimate of drug-likeness (QED) is 0.462. The number of likely N-dealkylation sites (tertiary alicyclic amines) is 1. The number of ether oxygens (including phenoxy) is 1. The van der Waals surface area contributed by atoms with Gasteiger partial charge in [0, 0.05) is 25.8 Å². The van der Waals surface area contributed by atoms with Crippen molar-refractivity contribution in [1.29, 1.82) is 5.26 Å². The number of hydrogen-bond donors (Lipinski definition) is 1. The molecule has 1 N–H and O–H groups in total. The van der Waals surface area contributed by atoms with Crippen LogP contribution in [0.25, 0.3) is 11.0 Å². The molecule has 1 saturated heterocycles. The highest BCUT2D eigenvalue weighted by Gasteiger charge is 2.28. The van der Waals surface area contributed by atoms with Crippen LogP contribution in [0.4, 0.5) is 10.6 Å². The van der Waals surface area contributed by atoms with Gasteiger partial charge in [-0.1, -0.05) is 17.7 Å². The number of benzene rings is 1. The third kappa shape index (κ3) is 5.81. The van der Waals surface area contributed by atoms with Crippen molar-refractivity contribution in [2.45, 2.75) is 51.0 Å². The largest absolute Gasteiger partial charge is 0.444 e. The van der Waals surface area contributed by atoms with Gasteiger partial charge in [-0.2, -0.15) is 10.2 Å². The molecule has 3 aromatic rings. The smallest absolute Gasteiger partial charge is 0.410 e. The summed E-state index contributed by atoms with van der Waals surface area (Å²) in [5.74, 6) is 0.519. The fraction of sp³-hybridized carbons (Fsp3) is 0.440. The zero-order valence-electron chi connectivity index (χ0n) is 21.2. The highest BCUT2D eigenvalue weighted by Crippen LogP contribution is 2.31. The first-order chi connectivity index (χ1) is 17.4. The van der Waals surface area contributed by atoms with E-state index in [1.54, 1.807) is 17.0 Å². The Morgan fingerprint density at radius 1 is 1.22 bits per heavy atom. The molecule has 196 valence electrons. The third-order valence-electron chi connectivity index (χ3n) is 6.11. The molecule has 1 aromatic carbocycles. The summed E-state index contributed by atoms with van der Waals surface area (Å²) in [5, 5.41) is 13.2. The van der Waals surface area contributed by atoms with Gasteiger partial charge in [0.15, 0.2) is 5.65 Å². The Morgan fingerprint density at radius 2 is 1.86 bits per heavy atom. The molecule has 0 radical (unpaired) electrons. The monoisotopic (exact) mass is 544 g/mol. The van der Waals surface area contributed by atoms with Crippen LogP contribution >= 0.6 is 11.6 Å². The van der Waals surface area contributed by atoms with E-state index >= 15 is 0 Å². The molecule has 0 aliphatic carbocycles. The Kier molecular flexibility index (Phi) is 7.35. The number of halogens is 1. The van der Waals surface area contributed by atoms with Gasteiger partial charge in [-0.25, -0.2) is 22.2 Å². The van der Waals surface area contributed by atoms with E-state index in [2.05, 4.69) is 21.4 Å². The van der Waals surface area contributed by atoms with Gasteiger partial charge in [0.05, 0.1) is 15.8 Å². The summed E-state index contributed by atoms with van der Waals surface area (Å²) >= 11 is 6.18. The zero-order chi connectivity index (χ0) is 27.0. The molecule has 1 aliphatic rings. The summed E-state index contributed by atoms with van der Waals surface area (Å²) < 4.78 is 33.2. The Bertz CT molecular complexity index is 1460. The maximum absolute atomic E-state index is 13.4. The summed E-state index contributed by atoms with van der Waals surface area (Å²) in [5.41, 5.74) is 0.515. The van der Waals surface area contributed by atoms with Crippen molar-refractivity contribution in [3.8, 4) is 6.07 Å². The van der Waals surface area contributed by atoms with E-state index in [9.17, 15) is 18.5 Å². The van der Waals surface area contributed by atoms with Crippen LogP contribution in [0.5, 0.6) is 0 Å². The van der Waals surface area contributed by atoms with Gasteiger partial charge in [0.25, 0.3) is 10.0 Å². The van der Waals surface area contributed by atoms with Crippen molar-refractivity contribution < 1.29 is 17.9 Å². The maximum Gasteiger partial charge on any atom is 0.410 e. The number of piperidine rings is 1. The molecule has 1 aliphatic heterocycles. The van der Waals surface area contributed by atoms with Gasteiger partial charge in [0.2, 0.25) is 5.28 Å². The van der Waals surface area contributed by atoms with Gasteiger partial charge in [-0.15, -0.1) is 0 Å². The lowest BCUT2D eigenvalue weighted by Gasteiger charge is -2.33. The average molecular weight is 545 g/mol. The van der Waals surface area contributed by atoms with E-state index in [1.165, 1.54) is 18.3 Å². The van der Waals surface area contributed by atoms with E-state index in [1.807, 2.05) is 27.7 Å². The minimum Gasteiger partial charge on any atom is -0.444 e. The second-order valence-corrected chi connectivity index (χ2v) is 12.3. The first-order valence-corrected chi connectivity index (χ1v) is 13.7. The molecule has 0 unspecified atom stereocenters. The number of amides is 1. The van der Waals surface area contributed by atoms with E-state index in [0.717, 1.165) is 22.4 Å². The van der Waals surface area contributed by atoms with Gasteiger partial charge in [-0.05, 0) is 70.2 Å². The van der Waals surface area contributed by atoms with Gasteiger partial charge in [0.1, 0.15) is 17.5 Å². The SMILES string of the molecule is Cc1ccc(S(=O)(=O)n2cc(C#N)c3c(NCC4CCN(C(=O)OC(C)(C)C)CC4)nc(Cl)nc32)cc1. The van der Waals surface area contributed by atoms with Crippen molar-refractivity contribution in [3.63, 3.8) is 0 Å². The number of rotatable bonds is 5. The summed E-state index contributed by atoms with van der Waals surface area (Å²) in [4.78, 5) is 22.5. The predicted molar refractivity (Wildman–Crippen MR) is 140 cm³/mol. The first kappa shape index (κ1) is 26.7. The van der Waals surface area contributed by atoms with Crippen molar-refractivity contribution in [2.75, 3.05) is 25.0 Å². The minimum absolute atomic E-state index is 0.0272. The lowest BCUT2D eigenvalue weighted by molar-refractivity contribution is 0.0188. The molecular weight excluding hydrogens is 516 g/mol. The molecule has 1 amide bonds. The molecule has 0 saturated carbocycles. The van der Waals surface area contributed by atoms with E-state index in [-0.39, 0.29) is 38.8 Å². The number of aromatic nitrogens is 3. The Morgan fingerprint density at radius 3 is 2.46 bits per heavy atom. The van der Waals surface area contributed by atoms with Crippen molar-refractivity contribution in [2.24, 2.45) is 5.92 Å². The fourth-order valence-corrected chi connectivity index (χ4v) is 5.66. The van der Waals surface area contributed by atoms with Crippen molar-refractivity contribution in [1.82, 2.24) is 18.8 Å². The van der Waals surface area contributed by atoms with Crippen LogP contribution in [0.15, 0.2) is 35.4 Å². The molecule has 0 atom stereocenters. The lowest BCUT2D eigenvalue weighted by Crippen LogP contribution is -2.42. The van der Waals surface area contributed by atoms with Crippen LogP contribution in [-0.2, 0) is 14.8 Å². The Labute approximate surface area is 221 Å². The number of nitrogens with zero attached hydrogens (tertiary/aromatic N) is 5. The Hall–Kier alpha value is -3.36. The number of nitrogens with one attached hydrogen (secondary N) is 1. The number of fused-ring (bicyclic) bond motifs is 1. The van der Waals surface area contributed by atoms with Crippen molar-refractivity contribution >= 4 is 44.6 Å². The lowest BCUT2D eigenvalue weighted by atomic mass is 9.97. The Balaban J connectivity index is 1.56. The molecule has 0 spiro atoms. The summed E-state index contributed by atoms with van der Waals surface area (Å²) in [7, 11) is -4.03. The standard InChI is InChI=1S/C25H29ClN6O4S/c1-16-5-7-19(8-6-16)37(34,35)32-15-18(13-27)20-21(29-23(26)30-22(20)32)28-14-17-9-11-31(12-10-17)24(33)36-25(2,3)4/h5-8,15,17H,9-12,14H2,1-4H3,(H,28,29,30). The molecule has 1 fully saturated rings. The number of hydrogen-bond acceptors (Lipinski definition) is 8. The molecule has 4 rings (SSSR count). The normalized spacial score (nSPS) is 15.0. The van der Waals surface area contributed by atoms with Crippen LogP contribution in [0.2, 0.25) is 5.28 Å². The molecule has 12 heteroatoms. The van der Waals surface area contributed by atoms with E-state index in [4.69, 9.17) is 16.3 Å². The molecule has 37 heavy (non-hydrogen) atoms. The van der Waals surface area contributed by atoms with Gasteiger partial charge < -0.3 is 15.0 Å². The number of nitriles is 1. The molecule has 3 heterocycles. The number of carbonyl (C=O) groups is 1. The van der Waals surface area contributed by atoms with Crippen LogP contribution < -0.4 is 5.32 Å². The molecular formula is C25H29ClN6O4S. The van der Waals surface area contributed by atoms with Gasteiger partial charge >= 0.3 is 6.09 Å². The van der Waals surface area contributed by atoms with Crippen LogP contribution in [-0.4, -0.2) is 58.6 Å². The third-order valence-corrected chi connectivity index (χ3v) is 7.94. The summed E-state index contributed by atoms with van der Waals surface area (Å²) in [6.45, 7) is 9.01. The highest BCUT2D eigenvalue weighted by molar-refractivity contribution is 7.90. The average Bonchev–Trinajstić information content (AvgIpc) is 3.21. The van der Waals surface area contributed by atoms with Crippen LogP contribution in [0, 0.1) is 24.2 Å². The maximum atomic E-state index is 13.4. The highest BCUT2D eigenvalue weighted by atomic mass is 35.5. The first-order valence-electron chi connectivity index (χ1n) is 11.9. The summed E-state index contributed by atoms with van der Waals surface area (Å²) in [6.07, 6.45) is 2.43. The number of aryl methyl sites for hydroxylation is 1. The summed E-state index contributed by atoms with van der Waals surface area (Å²) in [6, 6.07) is 8.47. The topological polar surface area (TPSA) is 130 Å². The van der Waals surface area contributed by atoms with Crippen LogP contribution in [0.3, 0.4) is 0 Å². The van der Waals surface area contributed by atoms with E-state index < -0.39 is 15.6 Å². The minimum atomic E-state index is -4.03. The second kappa shape index (κ2) is 10.2. The van der Waals surface area contributed by atoms with E-state index in [0.29, 0.717) is 25.5 Å². The van der Waals surface area contributed by atoms with Gasteiger partial charge in [-0.3, -0.25) is 0 Å². The fourth-order valence-electron chi connectivity index (χ4n) is 4.18. The van der Waals surface area contributed by atoms with Crippen molar-refractivity contribution in [3.05, 3.63) is 46.9 Å². The zero-order valence-corrected chi connectivity index (χ0v) is 22.7. The molecule has 10 nitrogen and oxygen atoms in total. The second-order valence-electron chi connectivity index (χ2n) is 10.1. The molecule has 0 bridgehead atoms.